The summed E-state index contributed by atoms with van der Waals surface area (Å²) in [6.45, 7) is 4.64. The zero-order valence-electron chi connectivity index (χ0n) is 42.3. The lowest BCUT2D eigenvalue weighted by molar-refractivity contribution is -0.305. The number of esters is 1. The van der Waals surface area contributed by atoms with Gasteiger partial charge in [-0.2, -0.15) is 0 Å². The Bertz CT molecular complexity index is 950. The van der Waals surface area contributed by atoms with Gasteiger partial charge in [0.2, 0.25) is 0 Å². The molecule has 1 rings (SSSR count). The van der Waals surface area contributed by atoms with E-state index in [1.165, 1.54) is 231 Å². The number of aliphatic hydroxyl groups is 4. The monoisotopic (exact) mass is 913 g/mol. The van der Waals surface area contributed by atoms with Gasteiger partial charge < -0.3 is 39.4 Å². The number of rotatable bonds is 50. The summed E-state index contributed by atoms with van der Waals surface area (Å²) in [5.41, 5.74) is 0. The van der Waals surface area contributed by atoms with Crippen LogP contribution in [0.3, 0.4) is 0 Å². The van der Waals surface area contributed by atoms with Crippen molar-refractivity contribution in [3.05, 3.63) is 0 Å². The normalized spacial score (nSPS) is 19.4. The van der Waals surface area contributed by atoms with Crippen LogP contribution in [0.5, 0.6) is 0 Å². The van der Waals surface area contributed by atoms with Crippen molar-refractivity contribution in [3.8, 4) is 0 Å². The van der Waals surface area contributed by atoms with Gasteiger partial charge in [-0.1, -0.05) is 264 Å². The molecule has 0 saturated carbocycles. The Hall–Kier alpha value is -0.810. The minimum atomic E-state index is -1.53. The Kier molecular flexibility index (Phi) is 45.2. The lowest BCUT2D eigenvalue weighted by atomic mass is 9.99. The van der Waals surface area contributed by atoms with E-state index in [0.717, 1.165) is 32.1 Å². The predicted octanol–water partition coefficient (Wildman–Crippen LogP) is 14.2. The number of hydrogen-bond acceptors (Lipinski definition) is 9. The number of aliphatic hydroxyl groups excluding tert-OH is 4. The Morgan fingerprint density at radius 2 is 0.766 bits per heavy atom. The Labute approximate surface area is 395 Å². The number of hydrogen-bond donors (Lipinski definition) is 4. The van der Waals surface area contributed by atoms with E-state index in [2.05, 4.69) is 13.8 Å². The van der Waals surface area contributed by atoms with Crippen LogP contribution in [0.4, 0.5) is 0 Å². The van der Waals surface area contributed by atoms with Crippen molar-refractivity contribution in [2.45, 2.75) is 320 Å². The SMILES string of the molecule is CCCCCCCCCCCCCCCCCCCCCCCCOCC(COC1OC(CO)C(O)C(O)C1O)OC(=O)CCCCCCCCCCCCCCCCCCCCC. The molecule has 382 valence electrons. The first-order valence-electron chi connectivity index (χ1n) is 28.1. The summed E-state index contributed by atoms with van der Waals surface area (Å²) in [5, 5.41) is 40.3. The fourth-order valence-corrected chi connectivity index (χ4v) is 9.14. The molecule has 64 heavy (non-hydrogen) atoms. The molecule has 0 spiro atoms. The van der Waals surface area contributed by atoms with Gasteiger partial charge in [0.05, 0.1) is 19.8 Å². The second-order valence-corrected chi connectivity index (χ2v) is 19.8. The van der Waals surface area contributed by atoms with Gasteiger partial charge in [-0.05, 0) is 12.8 Å². The summed E-state index contributed by atoms with van der Waals surface area (Å²) in [6, 6.07) is 0. The molecule has 0 aromatic heterocycles. The van der Waals surface area contributed by atoms with Gasteiger partial charge in [0.15, 0.2) is 6.29 Å². The van der Waals surface area contributed by atoms with Crippen LogP contribution in [0.25, 0.3) is 0 Å². The first-order valence-corrected chi connectivity index (χ1v) is 28.1. The van der Waals surface area contributed by atoms with E-state index in [1.807, 2.05) is 0 Å². The van der Waals surface area contributed by atoms with Crippen molar-refractivity contribution in [2.75, 3.05) is 26.4 Å². The Morgan fingerprint density at radius 1 is 0.438 bits per heavy atom. The molecule has 4 N–H and O–H groups in total. The van der Waals surface area contributed by atoms with Gasteiger partial charge in [0.25, 0.3) is 0 Å². The molecule has 6 atom stereocenters. The highest BCUT2D eigenvalue weighted by atomic mass is 16.7. The summed E-state index contributed by atoms with van der Waals surface area (Å²) in [4.78, 5) is 12.9. The maximum Gasteiger partial charge on any atom is 0.306 e. The molecule has 1 saturated heterocycles. The molecule has 0 radical (unpaired) electrons. The summed E-state index contributed by atoms with van der Waals surface area (Å²) < 4.78 is 23.0. The maximum atomic E-state index is 12.9. The van der Waals surface area contributed by atoms with Crippen LogP contribution in [0.1, 0.15) is 284 Å². The number of carbonyl (C=O) groups is 1. The van der Waals surface area contributed by atoms with Crippen molar-refractivity contribution < 1.29 is 44.2 Å². The van der Waals surface area contributed by atoms with E-state index in [0.29, 0.717) is 13.0 Å². The Morgan fingerprint density at radius 3 is 1.11 bits per heavy atom. The van der Waals surface area contributed by atoms with E-state index in [-0.39, 0.29) is 19.2 Å². The standard InChI is InChI=1S/C55H108O9/c1-3-5-7-9-11-13-15-17-19-21-23-24-25-27-29-31-33-35-37-39-41-43-45-61-47-49(48-62-55-54(60)53(59)52(58)50(46-56)64-55)63-51(57)44-42-40-38-36-34-32-30-28-26-22-20-18-16-14-12-10-8-6-4-2/h49-50,52-56,58-60H,3-48H2,1-2H3. The number of unbranched alkanes of at least 4 members (excludes halogenated alkanes) is 39. The summed E-state index contributed by atoms with van der Waals surface area (Å²) in [7, 11) is 0. The van der Waals surface area contributed by atoms with Gasteiger partial charge in [0, 0.05) is 13.0 Å². The van der Waals surface area contributed by atoms with Gasteiger partial charge in [-0.25, -0.2) is 0 Å². The van der Waals surface area contributed by atoms with E-state index in [9.17, 15) is 25.2 Å². The van der Waals surface area contributed by atoms with E-state index >= 15 is 0 Å². The fourth-order valence-electron chi connectivity index (χ4n) is 9.14. The highest BCUT2D eigenvalue weighted by Crippen LogP contribution is 2.23. The average Bonchev–Trinajstić information content (AvgIpc) is 3.30. The van der Waals surface area contributed by atoms with Crippen LogP contribution in [-0.4, -0.2) is 89.6 Å². The number of ether oxygens (including phenoxy) is 4. The fraction of sp³-hybridized carbons (Fsp3) is 0.982. The zero-order valence-corrected chi connectivity index (χ0v) is 42.3. The van der Waals surface area contributed by atoms with Crippen molar-refractivity contribution in [1.82, 2.24) is 0 Å². The molecule has 1 aliphatic heterocycles. The van der Waals surface area contributed by atoms with Crippen molar-refractivity contribution in [3.63, 3.8) is 0 Å². The Balaban J connectivity index is 2.14. The molecule has 0 amide bonds. The molecule has 1 aliphatic rings. The molecule has 9 nitrogen and oxygen atoms in total. The van der Waals surface area contributed by atoms with E-state index in [4.69, 9.17) is 18.9 Å². The second kappa shape index (κ2) is 47.3. The van der Waals surface area contributed by atoms with Crippen LogP contribution in [0, 0.1) is 0 Å². The molecule has 1 fully saturated rings. The van der Waals surface area contributed by atoms with Crippen molar-refractivity contribution >= 4 is 5.97 Å². The summed E-state index contributed by atoms with van der Waals surface area (Å²) >= 11 is 0. The summed E-state index contributed by atoms with van der Waals surface area (Å²) in [5.74, 6) is -0.303. The van der Waals surface area contributed by atoms with Crippen molar-refractivity contribution in [2.24, 2.45) is 0 Å². The minimum absolute atomic E-state index is 0.104. The zero-order chi connectivity index (χ0) is 46.4. The molecule has 0 bridgehead atoms. The van der Waals surface area contributed by atoms with E-state index in [1.54, 1.807) is 0 Å². The van der Waals surface area contributed by atoms with Crippen LogP contribution >= 0.6 is 0 Å². The quantitative estimate of drug-likeness (QED) is 0.0347. The smallest absolute Gasteiger partial charge is 0.306 e. The molecule has 9 heteroatoms. The van der Waals surface area contributed by atoms with Gasteiger partial charge in [0.1, 0.15) is 30.5 Å². The predicted molar refractivity (Wildman–Crippen MR) is 266 cm³/mol. The van der Waals surface area contributed by atoms with Crippen LogP contribution in [0.15, 0.2) is 0 Å². The topological polar surface area (TPSA) is 135 Å². The molecule has 0 aromatic carbocycles. The molecule has 0 aromatic rings. The largest absolute Gasteiger partial charge is 0.457 e. The highest BCUT2D eigenvalue weighted by molar-refractivity contribution is 5.69. The first kappa shape index (κ1) is 61.2. The molecular weight excluding hydrogens is 805 g/mol. The van der Waals surface area contributed by atoms with Gasteiger partial charge in [-0.15, -0.1) is 0 Å². The number of carbonyl (C=O) groups excluding carboxylic acids is 1. The second-order valence-electron chi connectivity index (χ2n) is 19.8. The average molecular weight is 913 g/mol. The lowest BCUT2D eigenvalue weighted by Gasteiger charge is -2.39. The maximum absolute atomic E-state index is 12.9. The molecule has 0 aliphatic carbocycles. The third-order valence-corrected chi connectivity index (χ3v) is 13.5. The van der Waals surface area contributed by atoms with Gasteiger partial charge >= 0.3 is 5.97 Å². The first-order chi connectivity index (χ1) is 31.4. The van der Waals surface area contributed by atoms with Gasteiger partial charge in [-0.3, -0.25) is 4.79 Å². The highest BCUT2D eigenvalue weighted by Gasteiger charge is 2.44. The molecule has 1 heterocycles. The van der Waals surface area contributed by atoms with Crippen LogP contribution in [0.2, 0.25) is 0 Å². The summed E-state index contributed by atoms with van der Waals surface area (Å²) in [6.07, 6.45) is 47.2. The van der Waals surface area contributed by atoms with E-state index < -0.39 is 43.4 Å². The third kappa shape index (κ3) is 37.2. The third-order valence-electron chi connectivity index (χ3n) is 13.5. The van der Waals surface area contributed by atoms with Crippen LogP contribution < -0.4 is 0 Å². The molecular formula is C55H108O9. The lowest BCUT2D eigenvalue weighted by Crippen LogP contribution is -2.59. The van der Waals surface area contributed by atoms with Crippen molar-refractivity contribution in [1.29, 1.82) is 0 Å². The molecule has 6 unspecified atom stereocenters. The minimum Gasteiger partial charge on any atom is -0.457 e. The van der Waals surface area contributed by atoms with Crippen LogP contribution in [-0.2, 0) is 23.7 Å².